The van der Waals surface area contributed by atoms with Gasteiger partial charge >= 0.3 is 0 Å². The largest absolute Gasteiger partial charge is 0.349 e. The van der Waals surface area contributed by atoms with E-state index in [1.54, 1.807) is 17.5 Å². The molecule has 6 nitrogen and oxygen atoms in total. The van der Waals surface area contributed by atoms with Crippen molar-refractivity contribution in [3.8, 4) is 5.69 Å². The van der Waals surface area contributed by atoms with Crippen LogP contribution in [-0.2, 0) is 6.42 Å². The number of pyridine rings is 1. The summed E-state index contributed by atoms with van der Waals surface area (Å²) in [6, 6.07) is 14.7. The summed E-state index contributed by atoms with van der Waals surface area (Å²) in [5.41, 5.74) is 3.82. The Morgan fingerprint density at radius 1 is 1.28 bits per heavy atom. The van der Waals surface area contributed by atoms with Crippen LogP contribution < -0.4 is 10.6 Å². The van der Waals surface area contributed by atoms with Crippen LogP contribution in [0.5, 0.6) is 0 Å². The van der Waals surface area contributed by atoms with Crippen molar-refractivity contribution >= 4 is 27.5 Å². The van der Waals surface area contributed by atoms with Crippen LogP contribution in [0.25, 0.3) is 15.9 Å². The molecule has 0 saturated carbocycles. The Balaban J connectivity index is 1.38. The highest BCUT2D eigenvalue weighted by molar-refractivity contribution is 7.16. The van der Waals surface area contributed by atoms with Gasteiger partial charge in [0.25, 0.3) is 5.91 Å². The van der Waals surface area contributed by atoms with Crippen LogP contribution >= 0.6 is 11.3 Å². The zero-order chi connectivity index (χ0) is 19.6. The number of hydrogen-bond acceptors (Lipinski definition) is 5. The van der Waals surface area contributed by atoms with Gasteiger partial charge in [-0.05, 0) is 66.2 Å². The molecule has 0 radical (unpaired) electrons. The summed E-state index contributed by atoms with van der Waals surface area (Å²) in [5, 5.41) is 13.7. The Labute approximate surface area is 172 Å². The number of hydrogen-bond donors (Lipinski definition) is 2. The van der Waals surface area contributed by atoms with Gasteiger partial charge in [-0.15, -0.1) is 11.3 Å². The van der Waals surface area contributed by atoms with E-state index in [-0.39, 0.29) is 5.91 Å². The standard InChI is InChI=1S/C22H21N5OS/c28-21(24-14-17-6-9-23-17)20-13-16(19-7-11-29-22(19)26-20)12-15-2-4-18(5-3-15)27-10-1-8-25-27/h1-5,7-8,10-11,13,17,23H,6,9,12,14H2,(H,24,28). The van der Waals surface area contributed by atoms with Crippen molar-refractivity contribution in [1.82, 2.24) is 25.4 Å². The first kappa shape index (κ1) is 18.0. The van der Waals surface area contributed by atoms with Crippen LogP contribution in [0.3, 0.4) is 0 Å². The predicted molar refractivity (Wildman–Crippen MR) is 115 cm³/mol. The maximum absolute atomic E-state index is 12.6. The van der Waals surface area contributed by atoms with Gasteiger partial charge in [-0.25, -0.2) is 9.67 Å². The Morgan fingerprint density at radius 3 is 2.86 bits per heavy atom. The maximum atomic E-state index is 12.6. The lowest BCUT2D eigenvalue weighted by molar-refractivity contribution is 0.0940. The van der Waals surface area contributed by atoms with E-state index in [0.29, 0.717) is 18.3 Å². The zero-order valence-electron chi connectivity index (χ0n) is 15.8. The summed E-state index contributed by atoms with van der Waals surface area (Å²) >= 11 is 1.57. The topological polar surface area (TPSA) is 71.8 Å². The van der Waals surface area contributed by atoms with Gasteiger partial charge in [-0.1, -0.05) is 12.1 Å². The SMILES string of the molecule is O=C(NCC1CCN1)c1cc(Cc2ccc(-n3cccn3)cc2)c2ccsc2n1. The van der Waals surface area contributed by atoms with Crippen LogP contribution in [0.2, 0.25) is 0 Å². The molecule has 5 rings (SSSR count). The molecule has 146 valence electrons. The number of aromatic nitrogens is 3. The number of nitrogens with one attached hydrogen (secondary N) is 2. The minimum absolute atomic E-state index is 0.107. The average Bonchev–Trinajstić information content (AvgIpc) is 3.39. The van der Waals surface area contributed by atoms with E-state index in [4.69, 9.17) is 0 Å². The molecule has 1 amide bonds. The van der Waals surface area contributed by atoms with Crippen molar-refractivity contribution in [2.75, 3.05) is 13.1 Å². The van der Waals surface area contributed by atoms with E-state index in [1.165, 1.54) is 5.56 Å². The van der Waals surface area contributed by atoms with Crippen LogP contribution in [-0.4, -0.2) is 39.8 Å². The molecule has 7 heteroatoms. The molecule has 1 aromatic carbocycles. The summed E-state index contributed by atoms with van der Waals surface area (Å²) in [6.07, 6.45) is 5.56. The number of carbonyl (C=O) groups excluding carboxylic acids is 1. The number of carbonyl (C=O) groups is 1. The van der Waals surface area contributed by atoms with Crippen LogP contribution in [0.1, 0.15) is 28.0 Å². The highest BCUT2D eigenvalue weighted by Gasteiger charge is 2.19. The number of amides is 1. The Morgan fingerprint density at radius 2 is 2.14 bits per heavy atom. The van der Waals surface area contributed by atoms with Crippen molar-refractivity contribution in [2.45, 2.75) is 18.9 Å². The van der Waals surface area contributed by atoms with Crippen molar-refractivity contribution < 1.29 is 4.79 Å². The molecule has 4 aromatic rings. The van der Waals surface area contributed by atoms with E-state index >= 15 is 0 Å². The fourth-order valence-electron chi connectivity index (χ4n) is 3.52. The Hall–Kier alpha value is -3.03. The lowest BCUT2D eigenvalue weighted by Crippen LogP contribution is -2.50. The van der Waals surface area contributed by atoms with Gasteiger partial charge in [0.05, 0.1) is 5.69 Å². The van der Waals surface area contributed by atoms with Crippen molar-refractivity contribution in [1.29, 1.82) is 0 Å². The normalized spacial score (nSPS) is 15.9. The summed E-state index contributed by atoms with van der Waals surface area (Å²) in [6.45, 7) is 1.68. The molecule has 0 spiro atoms. The molecule has 0 aliphatic carbocycles. The van der Waals surface area contributed by atoms with Gasteiger partial charge in [0.1, 0.15) is 10.5 Å². The monoisotopic (exact) mass is 403 g/mol. The van der Waals surface area contributed by atoms with Gasteiger partial charge in [0, 0.05) is 30.4 Å². The molecule has 29 heavy (non-hydrogen) atoms. The van der Waals surface area contributed by atoms with E-state index in [1.807, 2.05) is 28.4 Å². The predicted octanol–water partition coefficient (Wildman–Crippen LogP) is 3.16. The molecule has 1 atom stereocenters. The molecule has 2 N–H and O–H groups in total. The number of benzene rings is 1. The van der Waals surface area contributed by atoms with E-state index < -0.39 is 0 Å². The zero-order valence-corrected chi connectivity index (χ0v) is 16.7. The highest BCUT2D eigenvalue weighted by atomic mass is 32.1. The van der Waals surface area contributed by atoms with Crippen LogP contribution in [0, 0.1) is 0 Å². The second kappa shape index (κ2) is 7.77. The van der Waals surface area contributed by atoms with Gasteiger partial charge in [-0.2, -0.15) is 5.10 Å². The maximum Gasteiger partial charge on any atom is 0.270 e. The molecular weight excluding hydrogens is 382 g/mol. The smallest absolute Gasteiger partial charge is 0.270 e. The summed E-state index contributed by atoms with van der Waals surface area (Å²) in [5.74, 6) is -0.107. The summed E-state index contributed by atoms with van der Waals surface area (Å²) in [7, 11) is 0. The van der Waals surface area contributed by atoms with Crippen molar-refractivity contribution in [2.24, 2.45) is 0 Å². The molecule has 1 fully saturated rings. The van der Waals surface area contributed by atoms with E-state index in [2.05, 4.69) is 51.0 Å². The number of nitrogens with zero attached hydrogens (tertiary/aromatic N) is 3. The third-order valence-corrected chi connectivity index (χ3v) is 6.10. The molecule has 1 aliphatic rings. The van der Waals surface area contributed by atoms with Gasteiger partial charge in [0.2, 0.25) is 0 Å². The fourth-order valence-corrected chi connectivity index (χ4v) is 4.33. The van der Waals surface area contributed by atoms with Crippen molar-refractivity contribution in [3.63, 3.8) is 0 Å². The molecule has 4 heterocycles. The first-order valence-electron chi connectivity index (χ1n) is 9.74. The minimum atomic E-state index is -0.107. The Bertz CT molecular complexity index is 1130. The second-order valence-electron chi connectivity index (χ2n) is 7.25. The molecule has 1 saturated heterocycles. The lowest BCUT2D eigenvalue weighted by atomic mass is 10.0. The van der Waals surface area contributed by atoms with Gasteiger partial charge in [-0.3, -0.25) is 4.79 Å². The van der Waals surface area contributed by atoms with Gasteiger partial charge < -0.3 is 10.6 Å². The van der Waals surface area contributed by atoms with Crippen LogP contribution in [0.15, 0.2) is 60.2 Å². The molecule has 1 unspecified atom stereocenters. The number of thiophene rings is 1. The first-order chi connectivity index (χ1) is 14.3. The average molecular weight is 404 g/mol. The highest BCUT2D eigenvalue weighted by Crippen LogP contribution is 2.26. The molecule has 1 aliphatic heterocycles. The third-order valence-electron chi connectivity index (χ3n) is 5.29. The van der Waals surface area contributed by atoms with Crippen LogP contribution in [0.4, 0.5) is 0 Å². The van der Waals surface area contributed by atoms with Crippen molar-refractivity contribution in [3.05, 3.63) is 77.1 Å². The summed E-state index contributed by atoms with van der Waals surface area (Å²) < 4.78 is 1.84. The quantitative estimate of drug-likeness (QED) is 0.519. The fraction of sp³-hybridized carbons (Fsp3) is 0.227. The van der Waals surface area contributed by atoms with Gasteiger partial charge in [0.15, 0.2) is 0 Å². The second-order valence-corrected chi connectivity index (χ2v) is 8.14. The minimum Gasteiger partial charge on any atom is -0.349 e. The Kier molecular flexibility index (Phi) is 4.83. The molecule has 3 aromatic heterocycles. The lowest BCUT2D eigenvalue weighted by Gasteiger charge is -2.27. The van der Waals surface area contributed by atoms with E-state index in [0.717, 1.165) is 40.9 Å². The van der Waals surface area contributed by atoms with E-state index in [9.17, 15) is 4.79 Å². The molecule has 0 bridgehead atoms. The molecular formula is C22H21N5OS. The summed E-state index contributed by atoms with van der Waals surface area (Å²) in [4.78, 5) is 18.1. The number of rotatable bonds is 6. The third kappa shape index (κ3) is 3.79. The first-order valence-corrected chi connectivity index (χ1v) is 10.6. The number of fused-ring (bicyclic) bond motifs is 1.